The van der Waals surface area contributed by atoms with Crippen LogP contribution in [0.4, 0.5) is 0 Å². The Morgan fingerprint density at radius 1 is 1.19 bits per heavy atom. The minimum Gasteiger partial charge on any atom is -0.335 e. The molecule has 0 atom stereocenters. The van der Waals surface area contributed by atoms with Crippen LogP contribution in [0.5, 0.6) is 0 Å². The zero-order valence-electron chi connectivity index (χ0n) is 12.6. The molecule has 0 bridgehead atoms. The number of rotatable bonds is 6. The molecule has 0 fully saturated rings. The van der Waals surface area contributed by atoms with Crippen molar-refractivity contribution < 1.29 is 0 Å². The first-order valence-corrected chi connectivity index (χ1v) is 7.31. The van der Waals surface area contributed by atoms with Gasteiger partial charge in [-0.25, -0.2) is 9.97 Å². The largest absolute Gasteiger partial charge is 0.335 e. The Balaban J connectivity index is 1.54. The summed E-state index contributed by atoms with van der Waals surface area (Å²) in [6.07, 6.45) is 9.05. The Bertz CT molecular complexity index is 712. The maximum Gasteiger partial charge on any atom is 0.136 e. The molecule has 0 aliphatic carbocycles. The summed E-state index contributed by atoms with van der Waals surface area (Å²) >= 11 is 0. The molecule has 0 unspecified atom stereocenters. The van der Waals surface area contributed by atoms with Gasteiger partial charge in [0, 0.05) is 31.7 Å². The van der Waals surface area contributed by atoms with Crippen LogP contribution in [0.2, 0.25) is 0 Å². The van der Waals surface area contributed by atoms with Crippen LogP contribution in [-0.2, 0) is 13.1 Å². The van der Waals surface area contributed by atoms with Gasteiger partial charge in [0.15, 0.2) is 0 Å². The molecule has 3 rings (SSSR count). The third-order valence-electron chi connectivity index (χ3n) is 3.79. The van der Waals surface area contributed by atoms with E-state index in [4.69, 9.17) is 0 Å². The molecule has 0 saturated carbocycles. The first-order chi connectivity index (χ1) is 10.2. The van der Waals surface area contributed by atoms with E-state index >= 15 is 0 Å². The molecular formula is C16H21N5. The standard InChI is InChI=1S/C16H21N5/c1-14-17-7-11-20(14)9-5-8-19(2)13-15-12-18-16-6-3-4-10-21(15)16/h3-4,6-7,10-12H,5,8-9,13H2,1-2H3. The van der Waals surface area contributed by atoms with Crippen molar-refractivity contribution >= 4 is 5.65 Å². The van der Waals surface area contributed by atoms with Crippen LogP contribution in [0.1, 0.15) is 17.9 Å². The molecule has 5 nitrogen and oxygen atoms in total. The molecule has 110 valence electrons. The summed E-state index contributed by atoms with van der Waals surface area (Å²) < 4.78 is 4.35. The van der Waals surface area contributed by atoms with Gasteiger partial charge in [0.1, 0.15) is 11.5 Å². The number of aromatic nitrogens is 4. The molecule has 0 spiro atoms. The zero-order chi connectivity index (χ0) is 14.7. The maximum atomic E-state index is 4.43. The van der Waals surface area contributed by atoms with Gasteiger partial charge in [-0.15, -0.1) is 0 Å². The first kappa shape index (κ1) is 13.8. The highest BCUT2D eigenvalue weighted by Gasteiger charge is 2.06. The average Bonchev–Trinajstić information content (AvgIpc) is 3.07. The van der Waals surface area contributed by atoms with Crippen molar-refractivity contribution in [2.75, 3.05) is 13.6 Å². The lowest BCUT2D eigenvalue weighted by atomic mass is 10.3. The Morgan fingerprint density at radius 3 is 2.90 bits per heavy atom. The van der Waals surface area contributed by atoms with Gasteiger partial charge in [-0.3, -0.25) is 0 Å². The van der Waals surface area contributed by atoms with Gasteiger partial charge in [-0.05, 0) is 39.1 Å². The summed E-state index contributed by atoms with van der Waals surface area (Å²) in [7, 11) is 2.16. The van der Waals surface area contributed by atoms with E-state index in [9.17, 15) is 0 Å². The highest BCUT2D eigenvalue weighted by atomic mass is 15.1. The molecule has 0 amide bonds. The van der Waals surface area contributed by atoms with Gasteiger partial charge < -0.3 is 13.9 Å². The normalized spacial score (nSPS) is 11.6. The Kier molecular flexibility index (Phi) is 4.01. The molecule has 0 aromatic carbocycles. The predicted molar refractivity (Wildman–Crippen MR) is 83.1 cm³/mol. The van der Waals surface area contributed by atoms with Gasteiger partial charge in [0.05, 0.1) is 11.9 Å². The van der Waals surface area contributed by atoms with Crippen molar-refractivity contribution in [3.8, 4) is 0 Å². The van der Waals surface area contributed by atoms with Gasteiger partial charge in [0.25, 0.3) is 0 Å². The highest BCUT2D eigenvalue weighted by Crippen LogP contribution is 2.08. The average molecular weight is 283 g/mol. The van der Waals surface area contributed by atoms with Gasteiger partial charge >= 0.3 is 0 Å². The van der Waals surface area contributed by atoms with Gasteiger partial charge in [-0.1, -0.05) is 6.07 Å². The van der Waals surface area contributed by atoms with E-state index in [1.54, 1.807) is 0 Å². The van der Waals surface area contributed by atoms with Crippen LogP contribution in [0.25, 0.3) is 5.65 Å². The number of hydrogen-bond acceptors (Lipinski definition) is 3. The number of fused-ring (bicyclic) bond motifs is 1. The van der Waals surface area contributed by atoms with Crippen molar-refractivity contribution in [2.45, 2.75) is 26.4 Å². The monoisotopic (exact) mass is 283 g/mol. The maximum absolute atomic E-state index is 4.43. The third-order valence-corrected chi connectivity index (χ3v) is 3.79. The summed E-state index contributed by atoms with van der Waals surface area (Å²) in [5.74, 6) is 1.08. The van der Waals surface area contributed by atoms with Crippen LogP contribution in [0, 0.1) is 6.92 Å². The summed E-state index contributed by atoms with van der Waals surface area (Å²) in [5, 5.41) is 0. The van der Waals surface area contributed by atoms with Crippen LogP contribution >= 0.6 is 0 Å². The molecular weight excluding hydrogens is 262 g/mol. The van der Waals surface area contributed by atoms with Crippen molar-refractivity contribution in [1.82, 2.24) is 23.8 Å². The molecule has 0 saturated heterocycles. The fourth-order valence-corrected chi connectivity index (χ4v) is 2.61. The molecule has 21 heavy (non-hydrogen) atoms. The van der Waals surface area contributed by atoms with Gasteiger partial charge in [-0.2, -0.15) is 0 Å². The van der Waals surface area contributed by atoms with E-state index in [1.807, 2.05) is 43.7 Å². The fourth-order valence-electron chi connectivity index (χ4n) is 2.61. The summed E-state index contributed by atoms with van der Waals surface area (Å²) in [6.45, 7) is 5.03. The van der Waals surface area contributed by atoms with E-state index in [-0.39, 0.29) is 0 Å². The second-order valence-corrected chi connectivity index (χ2v) is 5.44. The van der Waals surface area contributed by atoms with E-state index < -0.39 is 0 Å². The lowest BCUT2D eigenvalue weighted by Gasteiger charge is -2.16. The predicted octanol–water partition coefficient (Wildman–Crippen LogP) is 2.36. The number of nitrogens with zero attached hydrogens (tertiary/aromatic N) is 5. The molecule has 3 aromatic rings. The molecule has 0 N–H and O–H groups in total. The lowest BCUT2D eigenvalue weighted by molar-refractivity contribution is 0.309. The second-order valence-electron chi connectivity index (χ2n) is 5.44. The first-order valence-electron chi connectivity index (χ1n) is 7.31. The topological polar surface area (TPSA) is 38.4 Å². The van der Waals surface area contributed by atoms with Crippen molar-refractivity contribution in [3.05, 3.63) is 54.5 Å². The fraction of sp³-hybridized carbons (Fsp3) is 0.375. The van der Waals surface area contributed by atoms with Crippen LogP contribution in [0.3, 0.4) is 0 Å². The summed E-state index contributed by atoms with van der Waals surface area (Å²) in [6, 6.07) is 6.09. The third kappa shape index (κ3) is 3.13. The Morgan fingerprint density at radius 2 is 2.10 bits per heavy atom. The molecule has 3 heterocycles. The zero-order valence-corrected chi connectivity index (χ0v) is 12.6. The molecule has 0 aliphatic rings. The minimum atomic E-state index is 0.911. The van der Waals surface area contributed by atoms with E-state index in [0.717, 1.165) is 37.5 Å². The van der Waals surface area contributed by atoms with Crippen LogP contribution < -0.4 is 0 Å². The lowest BCUT2D eigenvalue weighted by Crippen LogP contribution is -2.21. The molecule has 3 aromatic heterocycles. The van der Waals surface area contributed by atoms with E-state index in [2.05, 4.69) is 37.1 Å². The second kappa shape index (κ2) is 6.10. The summed E-state index contributed by atoms with van der Waals surface area (Å²) in [4.78, 5) is 11.0. The highest BCUT2D eigenvalue weighted by molar-refractivity contribution is 5.39. The number of hydrogen-bond donors (Lipinski definition) is 0. The molecule has 5 heteroatoms. The van der Waals surface area contributed by atoms with E-state index in [0.29, 0.717) is 0 Å². The van der Waals surface area contributed by atoms with Crippen LogP contribution in [-0.4, -0.2) is 37.4 Å². The van der Waals surface area contributed by atoms with E-state index in [1.165, 1.54) is 5.69 Å². The molecule has 0 aliphatic heterocycles. The van der Waals surface area contributed by atoms with Crippen molar-refractivity contribution in [3.63, 3.8) is 0 Å². The smallest absolute Gasteiger partial charge is 0.136 e. The minimum absolute atomic E-state index is 0.911. The Hall–Kier alpha value is -2.14. The number of pyridine rings is 1. The SMILES string of the molecule is Cc1nccn1CCCN(C)Cc1cnc2ccccn12. The quantitative estimate of drug-likeness (QED) is 0.697. The summed E-state index contributed by atoms with van der Waals surface area (Å²) in [5.41, 5.74) is 2.24. The van der Waals surface area contributed by atoms with Crippen LogP contribution in [0.15, 0.2) is 43.0 Å². The number of imidazole rings is 2. The Labute approximate surface area is 124 Å². The molecule has 0 radical (unpaired) electrons. The van der Waals surface area contributed by atoms with Crippen molar-refractivity contribution in [1.29, 1.82) is 0 Å². The van der Waals surface area contributed by atoms with Crippen molar-refractivity contribution in [2.24, 2.45) is 0 Å². The van der Waals surface area contributed by atoms with Gasteiger partial charge in [0.2, 0.25) is 0 Å². The number of aryl methyl sites for hydroxylation is 2.